The van der Waals surface area contributed by atoms with Gasteiger partial charge in [0.15, 0.2) is 0 Å². The van der Waals surface area contributed by atoms with E-state index in [1.165, 1.54) is 0 Å². The predicted octanol–water partition coefficient (Wildman–Crippen LogP) is 1.29. The molecule has 0 atom stereocenters. The van der Waals surface area contributed by atoms with E-state index in [4.69, 9.17) is 4.84 Å². The van der Waals surface area contributed by atoms with Crippen LogP contribution in [0.1, 0.15) is 12.8 Å². The summed E-state index contributed by atoms with van der Waals surface area (Å²) < 4.78 is 0.818. The van der Waals surface area contributed by atoms with E-state index in [0.717, 1.165) is 29.6 Å². The van der Waals surface area contributed by atoms with Crippen LogP contribution >= 0.6 is 25.6 Å². The van der Waals surface area contributed by atoms with Crippen molar-refractivity contribution >= 4 is 31.7 Å². The van der Waals surface area contributed by atoms with E-state index >= 15 is 0 Å². The van der Waals surface area contributed by atoms with Gasteiger partial charge in [0.05, 0.1) is 0 Å². The van der Waals surface area contributed by atoms with Gasteiger partial charge in [-0.25, -0.2) is 4.79 Å². The summed E-state index contributed by atoms with van der Waals surface area (Å²) in [6.45, 7) is 1.61. The van der Waals surface area contributed by atoms with Crippen LogP contribution in [0.25, 0.3) is 0 Å². The first-order valence-electron chi connectivity index (χ1n) is 3.35. The second-order valence-corrected chi connectivity index (χ2v) is 3.40. The molecule has 1 heterocycles. The lowest BCUT2D eigenvalue weighted by atomic mass is 10.4. The lowest BCUT2D eigenvalue weighted by molar-refractivity contribution is -0.0823. The fourth-order valence-electron chi connectivity index (χ4n) is 0.926. The summed E-state index contributed by atoms with van der Waals surface area (Å²) in [6, 6.07) is 0. The Morgan fingerprint density at radius 3 is 2.25 bits per heavy atom. The number of hydrogen-bond donors (Lipinski definition) is 3. The standard InChI is InChI=1S/C5H10N2O2S2.H3N/c8-5(7(10)11)9-6-3-1-2-4-6;/h10-11H,1-4H2;1H3. The number of carbonyl (C=O) groups is 1. The SMILES string of the molecule is N.O=C(ON1CCCC1)N(S)S. The van der Waals surface area contributed by atoms with Gasteiger partial charge in [-0.15, -0.1) is 5.06 Å². The van der Waals surface area contributed by atoms with E-state index in [0.29, 0.717) is 0 Å². The lowest BCUT2D eigenvalue weighted by Gasteiger charge is -2.15. The second kappa shape index (κ2) is 5.52. The van der Waals surface area contributed by atoms with Gasteiger partial charge in [-0.1, -0.05) is 0 Å². The summed E-state index contributed by atoms with van der Waals surface area (Å²) in [5.41, 5.74) is 0. The van der Waals surface area contributed by atoms with E-state index in [9.17, 15) is 4.79 Å². The van der Waals surface area contributed by atoms with Crippen molar-refractivity contribution in [2.24, 2.45) is 0 Å². The minimum Gasteiger partial charge on any atom is -0.350 e. The van der Waals surface area contributed by atoms with Crippen LogP contribution < -0.4 is 6.15 Å². The number of amides is 1. The first-order valence-corrected chi connectivity index (χ1v) is 4.15. The molecule has 0 saturated carbocycles. The quantitative estimate of drug-likeness (QED) is 0.572. The molecule has 1 aliphatic heterocycles. The monoisotopic (exact) mass is 211 g/mol. The van der Waals surface area contributed by atoms with Gasteiger partial charge < -0.3 is 11.0 Å². The molecule has 0 bridgehead atoms. The molecule has 1 fully saturated rings. The molecular formula is C5H13N3O2S2. The summed E-state index contributed by atoms with van der Waals surface area (Å²) in [4.78, 5) is 15.6. The fraction of sp³-hybridized carbons (Fsp3) is 0.800. The van der Waals surface area contributed by atoms with E-state index in [-0.39, 0.29) is 6.15 Å². The smallest absolute Gasteiger partial charge is 0.350 e. The summed E-state index contributed by atoms with van der Waals surface area (Å²) >= 11 is 7.32. The normalized spacial score (nSPS) is 16.8. The zero-order valence-electron chi connectivity index (χ0n) is 6.64. The predicted molar refractivity (Wildman–Crippen MR) is 52.1 cm³/mol. The Hall–Kier alpha value is -0.110. The van der Waals surface area contributed by atoms with Crippen LogP contribution in [0.2, 0.25) is 0 Å². The van der Waals surface area contributed by atoms with Crippen LogP contribution in [0.3, 0.4) is 0 Å². The van der Waals surface area contributed by atoms with E-state index < -0.39 is 6.09 Å². The molecule has 3 N–H and O–H groups in total. The minimum absolute atomic E-state index is 0. The zero-order valence-corrected chi connectivity index (χ0v) is 8.43. The highest BCUT2D eigenvalue weighted by atomic mass is 32.2. The van der Waals surface area contributed by atoms with Crippen LogP contribution in [0.15, 0.2) is 0 Å². The molecule has 1 aliphatic rings. The molecule has 0 aliphatic carbocycles. The fourth-order valence-corrected chi connectivity index (χ4v) is 0.999. The number of rotatable bonds is 1. The van der Waals surface area contributed by atoms with Gasteiger partial charge in [-0.2, -0.15) is 3.71 Å². The average Bonchev–Trinajstić information content (AvgIpc) is 2.39. The largest absolute Gasteiger partial charge is 0.449 e. The molecule has 5 nitrogen and oxygen atoms in total. The van der Waals surface area contributed by atoms with Crippen molar-refractivity contribution in [3.63, 3.8) is 0 Å². The van der Waals surface area contributed by atoms with Crippen LogP contribution in [-0.2, 0) is 4.84 Å². The van der Waals surface area contributed by atoms with Crippen LogP contribution in [-0.4, -0.2) is 28.0 Å². The molecule has 0 unspecified atom stereocenters. The Kier molecular flexibility index (Phi) is 5.47. The Morgan fingerprint density at radius 1 is 1.33 bits per heavy atom. The Labute approximate surface area is 82.7 Å². The highest BCUT2D eigenvalue weighted by molar-refractivity contribution is 7.94. The molecule has 12 heavy (non-hydrogen) atoms. The van der Waals surface area contributed by atoms with Gasteiger partial charge in [-0.3, -0.25) is 0 Å². The third-order valence-electron chi connectivity index (χ3n) is 1.44. The van der Waals surface area contributed by atoms with Gasteiger partial charge in [0.2, 0.25) is 0 Å². The summed E-state index contributed by atoms with van der Waals surface area (Å²) in [5, 5.41) is 1.61. The first kappa shape index (κ1) is 11.9. The Morgan fingerprint density at radius 2 is 1.83 bits per heavy atom. The van der Waals surface area contributed by atoms with Crippen molar-refractivity contribution in [2.45, 2.75) is 12.8 Å². The maximum absolute atomic E-state index is 10.8. The van der Waals surface area contributed by atoms with Crippen molar-refractivity contribution in [1.29, 1.82) is 0 Å². The number of nitrogens with zero attached hydrogens (tertiary/aromatic N) is 2. The van der Waals surface area contributed by atoms with Gasteiger partial charge in [-0.05, 0) is 38.5 Å². The van der Waals surface area contributed by atoms with E-state index in [1.807, 2.05) is 0 Å². The first-order chi connectivity index (χ1) is 5.20. The number of hydroxylamine groups is 2. The van der Waals surface area contributed by atoms with E-state index in [2.05, 4.69) is 25.6 Å². The molecule has 7 heteroatoms. The van der Waals surface area contributed by atoms with Crippen LogP contribution in [0.4, 0.5) is 4.79 Å². The van der Waals surface area contributed by atoms with Crippen molar-refractivity contribution in [2.75, 3.05) is 13.1 Å². The summed E-state index contributed by atoms with van der Waals surface area (Å²) in [6.07, 6.45) is 1.59. The van der Waals surface area contributed by atoms with Gasteiger partial charge >= 0.3 is 6.09 Å². The molecule has 1 rings (SSSR count). The minimum atomic E-state index is -0.557. The van der Waals surface area contributed by atoms with Gasteiger partial charge in [0.25, 0.3) is 0 Å². The Bertz CT molecular complexity index is 150. The maximum Gasteiger partial charge on any atom is 0.449 e. The van der Waals surface area contributed by atoms with Crippen molar-refractivity contribution in [3.05, 3.63) is 0 Å². The molecular weight excluding hydrogens is 198 g/mol. The molecule has 0 radical (unpaired) electrons. The Balaban J connectivity index is 0.00000121. The highest BCUT2D eigenvalue weighted by Gasteiger charge is 2.17. The molecule has 0 aromatic carbocycles. The molecule has 0 aromatic heterocycles. The van der Waals surface area contributed by atoms with Gasteiger partial charge in [0.1, 0.15) is 0 Å². The third kappa shape index (κ3) is 3.53. The summed E-state index contributed by atoms with van der Waals surface area (Å²) in [5.74, 6) is 0. The summed E-state index contributed by atoms with van der Waals surface area (Å²) in [7, 11) is 0. The van der Waals surface area contributed by atoms with E-state index in [1.54, 1.807) is 5.06 Å². The third-order valence-corrected chi connectivity index (χ3v) is 1.76. The molecule has 0 aromatic rings. The number of hydrogen-bond acceptors (Lipinski definition) is 6. The highest BCUT2D eigenvalue weighted by Crippen LogP contribution is 2.10. The molecule has 72 valence electrons. The lowest BCUT2D eigenvalue weighted by Crippen LogP contribution is -2.27. The number of carbonyl (C=O) groups excluding carboxylic acids is 1. The molecule has 0 spiro atoms. The zero-order chi connectivity index (χ0) is 8.27. The topological polar surface area (TPSA) is 67.8 Å². The maximum atomic E-state index is 10.8. The number of thiol groups is 2. The second-order valence-electron chi connectivity index (χ2n) is 2.28. The average molecular weight is 211 g/mol. The molecule has 1 amide bonds. The van der Waals surface area contributed by atoms with Crippen molar-refractivity contribution in [1.82, 2.24) is 14.9 Å². The molecule has 1 saturated heterocycles. The van der Waals surface area contributed by atoms with Crippen molar-refractivity contribution < 1.29 is 9.63 Å². The van der Waals surface area contributed by atoms with Crippen molar-refractivity contribution in [3.8, 4) is 0 Å². The van der Waals surface area contributed by atoms with Crippen LogP contribution in [0.5, 0.6) is 0 Å². The van der Waals surface area contributed by atoms with Crippen LogP contribution in [0, 0.1) is 0 Å². The van der Waals surface area contributed by atoms with Gasteiger partial charge in [0, 0.05) is 13.1 Å².